The second-order valence-electron chi connectivity index (χ2n) is 4.31. The third-order valence-electron chi connectivity index (χ3n) is 3.11. The van der Waals surface area contributed by atoms with Gasteiger partial charge < -0.3 is 9.15 Å². The maximum atomic E-state index is 12.1. The Morgan fingerprint density at radius 1 is 1.05 bits per heavy atom. The maximum Gasteiger partial charge on any atom is 0.344 e. The van der Waals surface area contributed by atoms with E-state index in [0.717, 1.165) is 20.3 Å². The minimum atomic E-state index is -0.332. The maximum absolute atomic E-state index is 12.1. The van der Waals surface area contributed by atoms with Crippen LogP contribution in [0, 0.1) is 3.57 Å². The number of hydrogen-bond acceptors (Lipinski definition) is 3. The zero-order valence-electron chi connectivity index (χ0n) is 10.7. The Bertz CT molecular complexity index is 822. The van der Waals surface area contributed by atoms with E-state index >= 15 is 0 Å². The molecule has 2 aromatic carbocycles. The van der Waals surface area contributed by atoms with E-state index < -0.39 is 0 Å². The van der Waals surface area contributed by atoms with Gasteiger partial charge in [-0.25, -0.2) is 4.79 Å². The molecular formula is C16H11IO3. The lowest BCUT2D eigenvalue weighted by atomic mass is 10.1. The van der Waals surface area contributed by atoms with Crippen molar-refractivity contribution in [3.05, 3.63) is 62.5 Å². The molecule has 20 heavy (non-hydrogen) atoms. The number of fused-ring (bicyclic) bond motifs is 1. The van der Waals surface area contributed by atoms with Crippen LogP contribution in [0.3, 0.4) is 0 Å². The molecule has 3 rings (SSSR count). The first-order valence-corrected chi connectivity index (χ1v) is 7.14. The molecule has 0 saturated heterocycles. The van der Waals surface area contributed by atoms with Gasteiger partial charge in [-0.1, -0.05) is 30.3 Å². The minimum Gasteiger partial charge on any atom is -0.497 e. The molecule has 3 aromatic rings. The number of methoxy groups -OCH3 is 1. The summed E-state index contributed by atoms with van der Waals surface area (Å²) in [6.07, 6.45) is 0. The zero-order valence-corrected chi connectivity index (χ0v) is 12.9. The molecule has 0 unspecified atom stereocenters. The van der Waals surface area contributed by atoms with Crippen LogP contribution in [0.4, 0.5) is 0 Å². The molecule has 0 atom stereocenters. The fourth-order valence-corrected chi connectivity index (χ4v) is 2.97. The van der Waals surface area contributed by atoms with Crippen LogP contribution in [0.5, 0.6) is 5.75 Å². The SMILES string of the molecule is COc1ccc2c(=O)oc(-c3ccccc3)c(I)c2c1. The Morgan fingerprint density at radius 2 is 1.80 bits per heavy atom. The Hall–Kier alpha value is -1.82. The molecule has 0 amide bonds. The summed E-state index contributed by atoms with van der Waals surface area (Å²) < 4.78 is 11.6. The van der Waals surface area contributed by atoms with E-state index in [2.05, 4.69) is 22.6 Å². The topological polar surface area (TPSA) is 39.4 Å². The van der Waals surface area contributed by atoms with Crippen molar-refractivity contribution in [1.82, 2.24) is 0 Å². The highest BCUT2D eigenvalue weighted by Crippen LogP contribution is 2.31. The van der Waals surface area contributed by atoms with E-state index in [-0.39, 0.29) is 5.63 Å². The molecule has 1 heterocycles. The predicted molar refractivity (Wildman–Crippen MR) is 87.2 cm³/mol. The summed E-state index contributed by atoms with van der Waals surface area (Å²) in [7, 11) is 1.61. The average molecular weight is 378 g/mol. The van der Waals surface area contributed by atoms with Gasteiger partial charge in [0.2, 0.25) is 0 Å². The van der Waals surface area contributed by atoms with Gasteiger partial charge in [-0.2, -0.15) is 0 Å². The second kappa shape index (κ2) is 5.28. The van der Waals surface area contributed by atoms with Crippen molar-refractivity contribution >= 4 is 33.4 Å². The largest absolute Gasteiger partial charge is 0.497 e. The van der Waals surface area contributed by atoms with E-state index in [0.29, 0.717) is 11.1 Å². The molecule has 0 fully saturated rings. The van der Waals surface area contributed by atoms with Gasteiger partial charge in [0.1, 0.15) is 5.75 Å². The molecule has 0 N–H and O–H groups in total. The number of rotatable bonds is 2. The van der Waals surface area contributed by atoms with Crippen LogP contribution in [0.15, 0.2) is 57.7 Å². The van der Waals surface area contributed by atoms with Gasteiger partial charge in [0.05, 0.1) is 16.1 Å². The predicted octanol–water partition coefficient (Wildman–Crippen LogP) is 4.07. The summed E-state index contributed by atoms with van der Waals surface area (Å²) in [5, 5.41) is 1.41. The van der Waals surface area contributed by atoms with E-state index in [1.807, 2.05) is 36.4 Å². The molecular weight excluding hydrogens is 367 g/mol. The van der Waals surface area contributed by atoms with Gasteiger partial charge in [-0.3, -0.25) is 0 Å². The highest BCUT2D eigenvalue weighted by molar-refractivity contribution is 14.1. The van der Waals surface area contributed by atoms with Gasteiger partial charge >= 0.3 is 5.63 Å². The van der Waals surface area contributed by atoms with Crippen molar-refractivity contribution < 1.29 is 9.15 Å². The number of benzene rings is 2. The summed E-state index contributed by atoms with van der Waals surface area (Å²) in [6, 6.07) is 15.0. The van der Waals surface area contributed by atoms with Crippen LogP contribution in [-0.4, -0.2) is 7.11 Å². The monoisotopic (exact) mass is 378 g/mol. The fraction of sp³-hybridized carbons (Fsp3) is 0.0625. The molecule has 0 aliphatic heterocycles. The van der Waals surface area contributed by atoms with Gasteiger partial charge in [0.15, 0.2) is 5.76 Å². The van der Waals surface area contributed by atoms with Crippen molar-refractivity contribution in [2.24, 2.45) is 0 Å². The van der Waals surface area contributed by atoms with Gasteiger partial charge in [-0.05, 0) is 40.8 Å². The van der Waals surface area contributed by atoms with E-state index in [9.17, 15) is 4.79 Å². The lowest BCUT2D eigenvalue weighted by Gasteiger charge is -2.08. The van der Waals surface area contributed by atoms with Crippen molar-refractivity contribution in [1.29, 1.82) is 0 Å². The van der Waals surface area contributed by atoms with Gasteiger partial charge in [0.25, 0.3) is 0 Å². The van der Waals surface area contributed by atoms with Crippen LogP contribution in [0.25, 0.3) is 22.1 Å². The molecule has 0 radical (unpaired) electrons. The number of hydrogen-bond donors (Lipinski definition) is 0. The third kappa shape index (κ3) is 2.20. The Balaban J connectivity index is 2.35. The molecule has 0 bridgehead atoms. The fourth-order valence-electron chi connectivity index (χ4n) is 2.10. The second-order valence-corrected chi connectivity index (χ2v) is 5.39. The highest BCUT2D eigenvalue weighted by atomic mass is 127. The smallest absolute Gasteiger partial charge is 0.344 e. The average Bonchev–Trinajstić information content (AvgIpc) is 2.51. The lowest BCUT2D eigenvalue weighted by Crippen LogP contribution is -2.03. The van der Waals surface area contributed by atoms with Crippen LogP contribution < -0.4 is 10.4 Å². The van der Waals surface area contributed by atoms with Crippen LogP contribution in [0.1, 0.15) is 0 Å². The first-order chi connectivity index (χ1) is 9.70. The van der Waals surface area contributed by atoms with Crippen LogP contribution in [0.2, 0.25) is 0 Å². The van der Waals surface area contributed by atoms with E-state index in [4.69, 9.17) is 9.15 Å². The highest BCUT2D eigenvalue weighted by Gasteiger charge is 2.13. The van der Waals surface area contributed by atoms with Crippen LogP contribution >= 0.6 is 22.6 Å². The third-order valence-corrected chi connectivity index (χ3v) is 4.18. The molecule has 0 saturated carbocycles. The van der Waals surface area contributed by atoms with Crippen molar-refractivity contribution in [3.8, 4) is 17.1 Å². The van der Waals surface area contributed by atoms with Crippen molar-refractivity contribution in [2.75, 3.05) is 7.11 Å². The van der Waals surface area contributed by atoms with Crippen molar-refractivity contribution in [3.63, 3.8) is 0 Å². The van der Waals surface area contributed by atoms with Crippen molar-refractivity contribution in [2.45, 2.75) is 0 Å². The summed E-state index contributed by atoms with van der Waals surface area (Å²) in [6.45, 7) is 0. The molecule has 0 aliphatic carbocycles. The van der Waals surface area contributed by atoms with E-state index in [1.54, 1.807) is 19.2 Å². The van der Waals surface area contributed by atoms with Gasteiger partial charge in [-0.15, -0.1) is 0 Å². The summed E-state index contributed by atoms with van der Waals surface area (Å²) in [4.78, 5) is 12.1. The lowest BCUT2D eigenvalue weighted by molar-refractivity contribution is 0.415. The summed E-state index contributed by atoms with van der Waals surface area (Å²) >= 11 is 2.20. The Labute approximate surface area is 129 Å². The number of halogens is 1. The summed E-state index contributed by atoms with van der Waals surface area (Å²) in [5.74, 6) is 1.32. The Kier molecular flexibility index (Phi) is 3.48. The molecule has 0 aliphatic rings. The van der Waals surface area contributed by atoms with Gasteiger partial charge in [0, 0.05) is 10.9 Å². The molecule has 100 valence electrons. The first kappa shape index (κ1) is 13.2. The molecule has 1 aromatic heterocycles. The Morgan fingerprint density at radius 3 is 2.50 bits per heavy atom. The summed E-state index contributed by atoms with van der Waals surface area (Å²) in [5.41, 5.74) is 0.556. The first-order valence-electron chi connectivity index (χ1n) is 6.06. The molecule has 4 heteroatoms. The van der Waals surface area contributed by atoms with E-state index in [1.165, 1.54) is 0 Å². The molecule has 3 nitrogen and oxygen atoms in total. The quantitative estimate of drug-likeness (QED) is 0.631. The van der Waals surface area contributed by atoms with Crippen LogP contribution in [-0.2, 0) is 0 Å². The number of ether oxygens (including phenoxy) is 1. The standard InChI is InChI=1S/C16H11IO3/c1-19-11-7-8-12-13(9-11)14(17)15(20-16(12)18)10-5-3-2-4-6-10/h2-9H,1H3. The zero-order chi connectivity index (χ0) is 14.1. The minimum absolute atomic E-state index is 0.332. The normalized spacial score (nSPS) is 10.7. The molecule has 0 spiro atoms.